The molecular weight excluding hydrogens is 483 g/mol. The molecule has 0 saturated carbocycles. The number of nitrogens with zero attached hydrogens (tertiary/aromatic N) is 5. The molecule has 1 fully saturated rings. The van der Waals surface area contributed by atoms with Gasteiger partial charge in [0.1, 0.15) is 23.3 Å². The van der Waals surface area contributed by atoms with E-state index in [1.54, 1.807) is 18.3 Å². The molecule has 5 rings (SSSR count). The van der Waals surface area contributed by atoms with E-state index in [0.717, 1.165) is 16.9 Å². The van der Waals surface area contributed by atoms with Crippen molar-refractivity contribution in [1.82, 2.24) is 19.5 Å². The van der Waals surface area contributed by atoms with Gasteiger partial charge in [-0.1, -0.05) is 30.3 Å². The van der Waals surface area contributed by atoms with E-state index in [1.165, 1.54) is 12.1 Å². The minimum Gasteiger partial charge on any atom is -0.466 e. The van der Waals surface area contributed by atoms with E-state index >= 15 is 0 Å². The van der Waals surface area contributed by atoms with Crippen LogP contribution in [0.15, 0.2) is 73.1 Å². The summed E-state index contributed by atoms with van der Waals surface area (Å²) in [6, 6.07) is 18.2. The van der Waals surface area contributed by atoms with Crippen LogP contribution in [0.3, 0.4) is 0 Å². The van der Waals surface area contributed by atoms with Gasteiger partial charge >= 0.3 is 5.97 Å². The smallest absolute Gasteiger partial charge is 0.309 e. The van der Waals surface area contributed by atoms with E-state index < -0.39 is 0 Å². The number of aromatic nitrogens is 4. The number of anilines is 2. The zero-order valence-electron chi connectivity index (χ0n) is 21.5. The summed E-state index contributed by atoms with van der Waals surface area (Å²) >= 11 is 0. The van der Waals surface area contributed by atoms with Gasteiger partial charge in [-0.25, -0.2) is 14.4 Å². The topological polar surface area (TPSA) is 85.2 Å². The number of piperidine rings is 1. The lowest BCUT2D eigenvalue weighted by molar-refractivity contribution is -0.148. The van der Waals surface area contributed by atoms with Gasteiger partial charge in [-0.05, 0) is 62.6 Å². The molecule has 38 heavy (non-hydrogen) atoms. The number of carbonyl (C=O) groups is 1. The van der Waals surface area contributed by atoms with E-state index in [9.17, 15) is 9.18 Å². The minimum absolute atomic E-state index is 0.0158. The molecule has 0 spiro atoms. The Morgan fingerprint density at radius 1 is 1.05 bits per heavy atom. The third-order valence-electron chi connectivity index (χ3n) is 6.77. The van der Waals surface area contributed by atoms with Crippen LogP contribution in [-0.2, 0) is 9.53 Å². The SMILES string of the molecule is CCOC(=O)C1CCN(c2cn(-c3ccnc(N[C@@H](C)c4ccccc4)n3)c(-c3ccc(F)cc3)n2)CC1. The van der Waals surface area contributed by atoms with Crippen LogP contribution in [0.25, 0.3) is 17.2 Å². The second-order valence-electron chi connectivity index (χ2n) is 9.33. The Bertz CT molecular complexity index is 1370. The van der Waals surface area contributed by atoms with Crippen LogP contribution in [0.4, 0.5) is 16.2 Å². The summed E-state index contributed by atoms with van der Waals surface area (Å²) in [5.41, 5.74) is 1.90. The van der Waals surface area contributed by atoms with Gasteiger partial charge in [0, 0.05) is 24.8 Å². The quantitative estimate of drug-likeness (QED) is 0.314. The summed E-state index contributed by atoms with van der Waals surface area (Å²) in [7, 11) is 0. The molecule has 4 aromatic rings. The number of nitrogens with one attached hydrogen (secondary N) is 1. The summed E-state index contributed by atoms with van der Waals surface area (Å²) in [6.07, 6.45) is 5.06. The fourth-order valence-electron chi connectivity index (χ4n) is 4.67. The second kappa shape index (κ2) is 11.4. The molecule has 2 aromatic heterocycles. The van der Waals surface area contributed by atoms with Crippen molar-refractivity contribution in [2.75, 3.05) is 29.9 Å². The van der Waals surface area contributed by atoms with Gasteiger partial charge < -0.3 is 15.0 Å². The Morgan fingerprint density at radius 3 is 2.50 bits per heavy atom. The molecule has 1 atom stereocenters. The highest BCUT2D eigenvalue weighted by atomic mass is 19.1. The Balaban J connectivity index is 1.43. The van der Waals surface area contributed by atoms with Crippen LogP contribution < -0.4 is 10.2 Å². The Labute approximate surface area is 221 Å². The van der Waals surface area contributed by atoms with Crippen molar-refractivity contribution in [3.05, 3.63) is 84.4 Å². The lowest BCUT2D eigenvalue weighted by Crippen LogP contribution is -2.37. The van der Waals surface area contributed by atoms with Gasteiger partial charge in [0.05, 0.1) is 24.8 Å². The van der Waals surface area contributed by atoms with E-state index in [2.05, 4.69) is 34.3 Å². The van der Waals surface area contributed by atoms with Gasteiger partial charge in [0.25, 0.3) is 0 Å². The van der Waals surface area contributed by atoms with Crippen LogP contribution in [-0.4, -0.2) is 45.2 Å². The van der Waals surface area contributed by atoms with Crippen LogP contribution in [0.1, 0.15) is 38.3 Å². The third-order valence-corrected chi connectivity index (χ3v) is 6.77. The first kappa shape index (κ1) is 25.4. The summed E-state index contributed by atoms with van der Waals surface area (Å²) < 4.78 is 20.8. The van der Waals surface area contributed by atoms with Crippen molar-refractivity contribution in [3.63, 3.8) is 0 Å². The van der Waals surface area contributed by atoms with Crippen LogP contribution in [0.5, 0.6) is 0 Å². The number of imidazole rings is 1. The highest BCUT2D eigenvalue weighted by Crippen LogP contribution is 2.29. The number of ether oxygens (including phenoxy) is 1. The molecule has 8 nitrogen and oxygen atoms in total. The predicted octanol–water partition coefficient (Wildman–Crippen LogP) is 5.42. The van der Waals surface area contributed by atoms with Crippen molar-refractivity contribution in [1.29, 1.82) is 0 Å². The zero-order chi connectivity index (χ0) is 26.5. The molecule has 1 aliphatic rings. The summed E-state index contributed by atoms with van der Waals surface area (Å²) in [4.78, 5) is 28.5. The van der Waals surface area contributed by atoms with Crippen LogP contribution in [0.2, 0.25) is 0 Å². The van der Waals surface area contributed by atoms with Gasteiger partial charge in [-0.2, -0.15) is 4.98 Å². The highest BCUT2D eigenvalue weighted by Gasteiger charge is 2.28. The maximum Gasteiger partial charge on any atom is 0.309 e. The fraction of sp³-hybridized carbons (Fsp3) is 0.310. The van der Waals surface area contributed by atoms with E-state index in [0.29, 0.717) is 50.1 Å². The first-order chi connectivity index (χ1) is 18.5. The summed E-state index contributed by atoms with van der Waals surface area (Å²) in [5.74, 6) is 2.03. The first-order valence-corrected chi connectivity index (χ1v) is 12.9. The lowest BCUT2D eigenvalue weighted by Gasteiger charge is -2.30. The standard InChI is InChI=1S/C29H31FN6O2/c1-3-38-28(37)23-14-17-35(18-15-23)26-19-36(27(33-26)22-9-11-24(30)12-10-22)25-13-16-31-29(34-25)32-20(2)21-7-5-4-6-8-21/h4-13,16,19-20,23H,3,14-15,17-18H2,1-2H3,(H,31,32,34)/t20-/m0/s1. The Kier molecular flexibility index (Phi) is 7.62. The molecule has 3 heterocycles. The molecule has 1 N–H and O–H groups in total. The number of benzene rings is 2. The molecule has 0 aliphatic carbocycles. The van der Waals surface area contributed by atoms with Crippen LogP contribution >= 0.6 is 0 Å². The number of hydrogen-bond acceptors (Lipinski definition) is 7. The maximum atomic E-state index is 13.7. The molecule has 0 unspecified atom stereocenters. The highest BCUT2D eigenvalue weighted by molar-refractivity contribution is 5.73. The number of rotatable bonds is 8. The molecule has 1 aliphatic heterocycles. The summed E-state index contributed by atoms with van der Waals surface area (Å²) in [6.45, 7) is 5.66. The molecule has 9 heteroatoms. The Morgan fingerprint density at radius 2 is 1.79 bits per heavy atom. The average Bonchev–Trinajstić information content (AvgIpc) is 3.40. The number of esters is 1. The zero-order valence-corrected chi connectivity index (χ0v) is 21.5. The maximum absolute atomic E-state index is 13.7. The van der Waals surface area contributed by atoms with Gasteiger partial charge in [0.15, 0.2) is 0 Å². The minimum atomic E-state index is -0.309. The number of hydrogen-bond donors (Lipinski definition) is 1. The molecule has 0 amide bonds. The Hall–Kier alpha value is -4.27. The lowest BCUT2D eigenvalue weighted by atomic mass is 9.97. The van der Waals surface area contributed by atoms with E-state index in [1.807, 2.05) is 42.0 Å². The van der Waals surface area contributed by atoms with Gasteiger partial charge in [0.2, 0.25) is 5.95 Å². The third kappa shape index (κ3) is 5.66. The first-order valence-electron chi connectivity index (χ1n) is 12.9. The molecule has 0 bridgehead atoms. The van der Waals surface area contributed by atoms with Crippen molar-refractivity contribution in [2.45, 2.75) is 32.7 Å². The monoisotopic (exact) mass is 514 g/mol. The van der Waals surface area contributed by atoms with E-state index in [-0.39, 0.29) is 23.7 Å². The van der Waals surface area contributed by atoms with Gasteiger partial charge in [-0.15, -0.1) is 0 Å². The van der Waals surface area contributed by atoms with Crippen molar-refractivity contribution in [2.24, 2.45) is 5.92 Å². The van der Waals surface area contributed by atoms with Gasteiger partial charge in [-0.3, -0.25) is 9.36 Å². The normalized spacial score (nSPS) is 14.8. The predicted molar refractivity (Wildman–Crippen MR) is 145 cm³/mol. The molecule has 196 valence electrons. The average molecular weight is 515 g/mol. The number of carbonyl (C=O) groups excluding carboxylic acids is 1. The molecular formula is C29H31FN6O2. The fourth-order valence-corrected chi connectivity index (χ4v) is 4.67. The second-order valence-corrected chi connectivity index (χ2v) is 9.33. The van der Waals surface area contributed by atoms with Crippen LogP contribution in [0, 0.1) is 11.7 Å². The van der Waals surface area contributed by atoms with Crippen molar-refractivity contribution >= 4 is 17.7 Å². The summed E-state index contributed by atoms with van der Waals surface area (Å²) in [5, 5.41) is 3.37. The number of halogens is 1. The molecule has 1 saturated heterocycles. The van der Waals surface area contributed by atoms with E-state index in [4.69, 9.17) is 14.7 Å². The largest absolute Gasteiger partial charge is 0.466 e. The molecule has 2 aromatic carbocycles. The van der Waals surface area contributed by atoms with Crippen molar-refractivity contribution < 1.29 is 13.9 Å². The van der Waals surface area contributed by atoms with Crippen molar-refractivity contribution in [3.8, 4) is 17.2 Å². The molecule has 0 radical (unpaired) electrons.